The Morgan fingerprint density at radius 3 is 2.71 bits per heavy atom. The van der Waals surface area contributed by atoms with Crippen molar-refractivity contribution in [3.8, 4) is 0 Å². The van der Waals surface area contributed by atoms with E-state index in [1.54, 1.807) is 0 Å². The second-order valence-corrected chi connectivity index (χ2v) is 10.3. The SMILES string of the molecule is C=C1CCC2[C@H](CN=[N+]=[N-])C([C@@]3(C)CC[C@H](C)C[C@@H]3COC(C)=O)CC[C@]12C. The fourth-order valence-corrected chi connectivity index (χ4v) is 7.00. The lowest BCUT2D eigenvalue weighted by atomic mass is 9.49. The van der Waals surface area contributed by atoms with E-state index in [9.17, 15) is 4.79 Å². The van der Waals surface area contributed by atoms with Crippen LogP contribution in [0.2, 0.25) is 0 Å². The molecule has 0 saturated heterocycles. The van der Waals surface area contributed by atoms with E-state index in [-0.39, 0.29) is 16.8 Å². The molecule has 0 aromatic carbocycles. The molecule has 0 radical (unpaired) electrons. The minimum Gasteiger partial charge on any atom is -0.466 e. The Morgan fingerprint density at radius 1 is 1.29 bits per heavy atom. The highest BCUT2D eigenvalue weighted by Gasteiger charge is 2.56. The predicted octanol–water partition coefficient (Wildman–Crippen LogP) is 6.30. The van der Waals surface area contributed by atoms with Gasteiger partial charge in [0.05, 0.1) is 6.61 Å². The summed E-state index contributed by atoms with van der Waals surface area (Å²) >= 11 is 0. The van der Waals surface area contributed by atoms with Crippen LogP contribution < -0.4 is 0 Å². The molecule has 3 saturated carbocycles. The number of azide groups is 1. The highest BCUT2D eigenvalue weighted by Crippen LogP contribution is 2.63. The van der Waals surface area contributed by atoms with Crippen LogP contribution in [0, 0.1) is 40.4 Å². The van der Waals surface area contributed by atoms with Crippen molar-refractivity contribution in [1.29, 1.82) is 0 Å². The summed E-state index contributed by atoms with van der Waals surface area (Å²) in [4.78, 5) is 14.6. The topological polar surface area (TPSA) is 75.1 Å². The molecule has 0 heterocycles. The van der Waals surface area contributed by atoms with E-state index in [0.717, 1.165) is 19.3 Å². The fraction of sp³-hybridized carbons (Fsp3) is 0.870. The number of rotatable bonds is 5. The molecule has 3 aliphatic rings. The maximum absolute atomic E-state index is 11.5. The highest BCUT2D eigenvalue weighted by atomic mass is 16.5. The van der Waals surface area contributed by atoms with Crippen molar-refractivity contribution in [3.05, 3.63) is 22.6 Å². The van der Waals surface area contributed by atoms with E-state index in [0.29, 0.717) is 42.7 Å². The van der Waals surface area contributed by atoms with Crippen molar-refractivity contribution in [2.24, 2.45) is 45.5 Å². The van der Waals surface area contributed by atoms with E-state index >= 15 is 0 Å². The van der Waals surface area contributed by atoms with Gasteiger partial charge in [-0.1, -0.05) is 44.5 Å². The minimum absolute atomic E-state index is 0.128. The second-order valence-electron chi connectivity index (χ2n) is 10.3. The first-order valence-electron chi connectivity index (χ1n) is 11.0. The molecule has 0 N–H and O–H groups in total. The third-order valence-corrected chi connectivity index (χ3v) is 8.88. The Hall–Kier alpha value is -1.48. The van der Waals surface area contributed by atoms with Gasteiger partial charge in [-0.2, -0.15) is 0 Å². The molecule has 0 bridgehead atoms. The van der Waals surface area contributed by atoms with Gasteiger partial charge in [0.25, 0.3) is 0 Å². The number of hydrogen-bond donors (Lipinski definition) is 0. The molecule has 156 valence electrons. The summed E-state index contributed by atoms with van der Waals surface area (Å²) in [5.74, 6) is 2.32. The average Bonchev–Trinajstić information content (AvgIpc) is 2.95. The van der Waals surface area contributed by atoms with Gasteiger partial charge in [0.2, 0.25) is 0 Å². The molecular formula is C23H37N3O2. The zero-order valence-electron chi connectivity index (χ0n) is 18.1. The number of ether oxygens (including phenoxy) is 1. The third-order valence-electron chi connectivity index (χ3n) is 8.88. The van der Waals surface area contributed by atoms with Crippen molar-refractivity contribution < 1.29 is 9.53 Å². The van der Waals surface area contributed by atoms with E-state index in [2.05, 4.69) is 37.4 Å². The summed E-state index contributed by atoms with van der Waals surface area (Å²) in [5.41, 5.74) is 10.7. The summed E-state index contributed by atoms with van der Waals surface area (Å²) in [5, 5.41) is 4.07. The largest absolute Gasteiger partial charge is 0.466 e. The van der Waals surface area contributed by atoms with Gasteiger partial charge in [-0.15, -0.1) is 0 Å². The van der Waals surface area contributed by atoms with Gasteiger partial charge in [0.15, 0.2) is 0 Å². The minimum atomic E-state index is -0.186. The number of allylic oxidation sites excluding steroid dienone is 1. The normalized spacial score (nSPS) is 43.1. The third kappa shape index (κ3) is 3.70. The molecule has 0 aromatic heterocycles. The number of carbonyl (C=O) groups is 1. The van der Waals surface area contributed by atoms with Crippen LogP contribution in [0.1, 0.15) is 72.6 Å². The number of nitrogens with zero attached hydrogens (tertiary/aromatic N) is 3. The van der Waals surface area contributed by atoms with E-state index in [1.165, 1.54) is 38.2 Å². The molecule has 3 aliphatic carbocycles. The smallest absolute Gasteiger partial charge is 0.302 e. The lowest BCUT2D eigenvalue weighted by molar-refractivity contribution is -0.148. The number of carbonyl (C=O) groups excluding carboxylic acids is 1. The van der Waals surface area contributed by atoms with Crippen LogP contribution in [-0.4, -0.2) is 19.1 Å². The van der Waals surface area contributed by atoms with Crippen LogP contribution in [0.5, 0.6) is 0 Å². The molecule has 2 unspecified atom stereocenters. The zero-order chi connectivity index (χ0) is 20.5. The predicted molar refractivity (Wildman–Crippen MR) is 111 cm³/mol. The van der Waals surface area contributed by atoms with Crippen molar-refractivity contribution in [2.75, 3.05) is 13.2 Å². The van der Waals surface area contributed by atoms with Crippen molar-refractivity contribution in [2.45, 2.75) is 72.6 Å². The molecule has 3 rings (SSSR count). The number of esters is 1. The standard InChI is InChI=1S/C23H37N3O2/c1-15-8-10-23(5,18(12-15)14-28-17(3)27)21-9-11-22(4)16(2)6-7-20(22)19(21)13-25-26-24/h15,18-21H,2,6-14H2,1,3-5H3/t15-,18+,19-,20?,21?,22+,23-/m0/s1. The van der Waals surface area contributed by atoms with Gasteiger partial charge < -0.3 is 4.74 Å². The van der Waals surface area contributed by atoms with Crippen LogP contribution >= 0.6 is 0 Å². The molecular weight excluding hydrogens is 350 g/mol. The highest BCUT2D eigenvalue weighted by molar-refractivity contribution is 5.65. The molecule has 5 nitrogen and oxygen atoms in total. The van der Waals surface area contributed by atoms with Gasteiger partial charge in [-0.3, -0.25) is 4.79 Å². The van der Waals surface area contributed by atoms with E-state index in [4.69, 9.17) is 10.3 Å². The summed E-state index contributed by atoms with van der Waals surface area (Å²) in [6.45, 7) is 14.1. The summed E-state index contributed by atoms with van der Waals surface area (Å²) < 4.78 is 5.52. The maximum atomic E-state index is 11.5. The second kappa shape index (κ2) is 8.10. The fourth-order valence-electron chi connectivity index (χ4n) is 7.00. The molecule has 0 amide bonds. The first-order chi connectivity index (χ1) is 13.2. The first kappa shape index (κ1) is 21.2. The van der Waals surface area contributed by atoms with Crippen LogP contribution in [0.4, 0.5) is 0 Å². The van der Waals surface area contributed by atoms with Gasteiger partial charge in [-0.05, 0) is 84.5 Å². The molecule has 28 heavy (non-hydrogen) atoms. The van der Waals surface area contributed by atoms with Crippen LogP contribution in [0.25, 0.3) is 10.4 Å². The van der Waals surface area contributed by atoms with E-state index < -0.39 is 0 Å². The monoisotopic (exact) mass is 387 g/mol. The summed E-state index contributed by atoms with van der Waals surface area (Å²) in [7, 11) is 0. The molecule has 7 atom stereocenters. The van der Waals surface area contributed by atoms with Crippen molar-refractivity contribution in [3.63, 3.8) is 0 Å². The molecule has 0 spiro atoms. The molecule has 5 heteroatoms. The van der Waals surface area contributed by atoms with Crippen molar-refractivity contribution in [1.82, 2.24) is 0 Å². The Labute approximate surface area is 169 Å². The Balaban J connectivity index is 1.92. The summed E-state index contributed by atoms with van der Waals surface area (Å²) in [6, 6.07) is 0. The Bertz CT molecular complexity index is 671. The number of fused-ring (bicyclic) bond motifs is 1. The zero-order valence-corrected chi connectivity index (χ0v) is 18.1. The maximum Gasteiger partial charge on any atom is 0.302 e. The van der Waals surface area contributed by atoms with E-state index in [1.807, 2.05) is 0 Å². The van der Waals surface area contributed by atoms with Crippen LogP contribution in [-0.2, 0) is 9.53 Å². The van der Waals surface area contributed by atoms with Crippen LogP contribution in [0.15, 0.2) is 17.3 Å². The van der Waals surface area contributed by atoms with Crippen molar-refractivity contribution >= 4 is 5.97 Å². The Morgan fingerprint density at radius 2 is 2.04 bits per heavy atom. The van der Waals surface area contributed by atoms with Gasteiger partial charge in [0.1, 0.15) is 0 Å². The van der Waals surface area contributed by atoms with Crippen LogP contribution in [0.3, 0.4) is 0 Å². The average molecular weight is 388 g/mol. The Kier molecular flexibility index (Phi) is 6.14. The lowest BCUT2D eigenvalue weighted by Crippen LogP contribution is -2.51. The quantitative estimate of drug-likeness (QED) is 0.182. The molecule has 0 aliphatic heterocycles. The molecule has 0 aromatic rings. The molecule has 3 fully saturated rings. The number of hydrogen-bond acceptors (Lipinski definition) is 3. The lowest BCUT2D eigenvalue weighted by Gasteiger charge is -2.56. The van der Waals surface area contributed by atoms with Gasteiger partial charge >= 0.3 is 5.97 Å². The first-order valence-corrected chi connectivity index (χ1v) is 11.0. The van der Waals surface area contributed by atoms with Gasteiger partial charge in [0, 0.05) is 18.4 Å². The van der Waals surface area contributed by atoms with Gasteiger partial charge in [-0.25, -0.2) is 0 Å². The summed E-state index contributed by atoms with van der Waals surface area (Å²) in [6.07, 6.45) is 8.11.